The zero-order valence-electron chi connectivity index (χ0n) is 10.1. The standard InChI is InChI=1S/C13H9FN4OS/c14-8-3-1-7(2-4-8)10-6-5-9(11(19)16-10)12-17-18-13(15)20-12/h1-6H,(H2,15,18)(H,16,19). The predicted octanol–water partition coefficient (Wildman–Crippen LogP) is 2.28. The first-order valence-electron chi connectivity index (χ1n) is 5.72. The Kier molecular flexibility index (Phi) is 3.03. The van der Waals surface area contributed by atoms with Gasteiger partial charge in [-0.1, -0.05) is 11.3 Å². The quantitative estimate of drug-likeness (QED) is 0.757. The molecule has 0 atom stereocenters. The normalized spacial score (nSPS) is 10.7. The van der Waals surface area contributed by atoms with Crippen LogP contribution < -0.4 is 11.3 Å². The van der Waals surface area contributed by atoms with Gasteiger partial charge in [0.1, 0.15) is 5.82 Å². The van der Waals surface area contributed by atoms with Gasteiger partial charge in [-0.15, -0.1) is 10.2 Å². The summed E-state index contributed by atoms with van der Waals surface area (Å²) in [5, 5.41) is 8.29. The Morgan fingerprint density at radius 3 is 2.45 bits per heavy atom. The van der Waals surface area contributed by atoms with E-state index in [9.17, 15) is 9.18 Å². The third kappa shape index (κ3) is 2.30. The maximum Gasteiger partial charge on any atom is 0.258 e. The first-order chi connectivity index (χ1) is 9.63. The average molecular weight is 288 g/mol. The predicted molar refractivity (Wildman–Crippen MR) is 75.8 cm³/mol. The van der Waals surface area contributed by atoms with Gasteiger partial charge in [0.15, 0.2) is 5.01 Å². The lowest BCUT2D eigenvalue weighted by Gasteiger charge is -2.02. The fourth-order valence-corrected chi connectivity index (χ4v) is 2.42. The molecule has 1 aromatic carbocycles. The molecular weight excluding hydrogens is 279 g/mol. The van der Waals surface area contributed by atoms with Crippen molar-refractivity contribution in [3.8, 4) is 21.8 Å². The van der Waals surface area contributed by atoms with E-state index in [1.54, 1.807) is 24.3 Å². The zero-order valence-corrected chi connectivity index (χ0v) is 10.9. The van der Waals surface area contributed by atoms with Gasteiger partial charge in [0.25, 0.3) is 5.56 Å². The zero-order chi connectivity index (χ0) is 14.1. The van der Waals surface area contributed by atoms with Gasteiger partial charge in [0, 0.05) is 5.69 Å². The van der Waals surface area contributed by atoms with Crippen LogP contribution in [0.5, 0.6) is 0 Å². The van der Waals surface area contributed by atoms with E-state index in [0.717, 1.165) is 16.9 Å². The Bertz CT molecular complexity index is 810. The van der Waals surface area contributed by atoms with Gasteiger partial charge in [0.2, 0.25) is 5.13 Å². The van der Waals surface area contributed by atoms with E-state index in [2.05, 4.69) is 15.2 Å². The molecule has 100 valence electrons. The highest BCUT2D eigenvalue weighted by Crippen LogP contribution is 2.23. The summed E-state index contributed by atoms with van der Waals surface area (Å²) in [6, 6.07) is 9.27. The second-order valence-corrected chi connectivity index (χ2v) is 5.08. The lowest BCUT2D eigenvalue weighted by atomic mass is 10.1. The Hall–Kier alpha value is -2.54. The number of hydrogen-bond donors (Lipinski definition) is 2. The first-order valence-corrected chi connectivity index (χ1v) is 6.54. The van der Waals surface area contributed by atoms with Crippen LogP contribution in [0, 0.1) is 5.82 Å². The molecule has 0 saturated heterocycles. The minimum atomic E-state index is -0.322. The van der Waals surface area contributed by atoms with Gasteiger partial charge in [-0.2, -0.15) is 0 Å². The van der Waals surface area contributed by atoms with Crippen molar-refractivity contribution < 1.29 is 4.39 Å². The maximum absolute atomic E-state index is 12.9. The van der Waals surface area contributed by atoms with Gasteiger partial charge in [0.05, 0.1) is 5.56 Å². The maximum atomic E-state index is 12.9. The van der Waals surface area contributed by atoms with Crippen LogP contribution in [0.3, 0.4) is 0 Å². The number of hydrogen-bond acceptors (Lipinski definition) is 5. The topological polar surface area (TPSA) is 84.7 Å². The number of nitrogens with two attached hydrogens (primary N) is 1. The van der Waals surface area contributed by atoms with E-state index in [0.29, 0.717) is 21.4 Å². The van der Waals surface area contributed by atoms with E-state index >= 15 is 0 Å². The summed E-state index contributed by atoms with van der Waals surface area (Å²) in [6.45, 7) is 0. The fraction of sp³-hybridized carbons (Fsp3) is 0. The van der Waals surface area contributed by atoms with Crippen LogP contribution in [0.25, 0.3) is 21.8 Å². The molecular formula is C13H9FN4OS. The number of anilines is 1. The fourth-order valence-electron chi connectivity index (χ4n) is 1.78. The molecule has 0 saturated carbocycles. The van der Waals surface area contributed by atoms with E-state index < -0.39 is 0 Å². The largest absolute Gasteiger partial charge is 0.374 e. The summed E-state index contributed by atoms with van der Waals surface area (Å²) >= 11 is 1.14. The van der Waals surface area contributed by atoms with Crippen molar-refractivity contribution >= 4 is 16.5 Å². The Balaban J connectivity index is 2.03. The molecule has 3 aromatic rings. The molecule has 0 radical (unpaired) electrons. The smallest absolute Gasteiger partial charge is 0.258 e. The van der Waals surface area contributed by atoms with Crippen molar-refractivity contribution in [1.82, 2.24) is 15.2 Å². The SMILES string of the molecule is Nc1nnc(-c2ccc(-c3ccc(F)cc3)[nH]c2=O)s1. The molecule has 5 nitrogen and oxygen atoms in total. The summed E-state index contributed by atoms with van der Waals surface area (Å²) in [7, 11) is 0. The molecule has 20 heavy (non-hydrogen) atoms. The van der Waals surface area contributed by atoms with Gasteiger partial charge >= 0.3 is 0 Å². The first kappa shape index (κ1) is 12.5. The molecule has 0 unspecified atom stereocenters. The molecule has 2 aromatic heterocycles. The minimum absolute atomic E-state index is 0.289. The van der Waals surface area contributed by atoms with Crippen molar-refractivity contribution in [2.24, 2.45) is 0 Å². The highest BCUT2D eigenvalue weighted by Gasteiger charge is 2.10. The summed E-state index contributed by atoms with van der Waals surface area (Å²) in [5.74, 6) is -0.322. The van der Waals surface area contributed by atoms with Gasteiger partial charge in [-0.3, -0.25) is 4.79 Å². The summed E-state index contributed by atoms with van der Waals surface area (Å²) in [5.41, 5.74) is 6.95. The van der Waals surface area contributed by atoms with Gasteiger partial charge < -0.3 is 10.7 Å². The number of nitrogen functional groups attached to an aromatic ring is 1. The highest BCUT2D eigenvalue weighted by molar-refractivity contribution is 7.18. The number of aromatic amines is 1. The van der Waals surface area contributed by atoms with Crippen LogP contribution in [0.1, 0.15) is 0 Å². The molecule has 0 bridgehead atoms. The Labute approximate surface area is 116 Å². The number of H-pyrrole nitrogens is 1. The van der Waals surface area contributed by atoms with E-state index in [4.69, 9.17) is 5.73 Å². The molecule has 2 heterocycles. The van der Waals surface area contributed by atoms with Gasteiger partial charge in [-0.05, 0) is 42.0 Å². The Morgan fingerprint density at radius 1 is 1.10 bits per heavy atom. The van der Waals surface area contributed by atoms with Crippen molar-refractivity contribution in [1.29, 1.82) is 0 Å². The molecule has 0 fully saturated rings. The second-order valence-electron chi connectivity index (χ2n) is 4.07. The molecule has 0 aliphatic rings. The summed E-state index contributed by atoms with van der Waals surface area (Å²) in [6.07, 6.45) is 0. The van der Waals surface area contributed by atoms with E-state index in [-0.39, 0.29) is 11.4 Å². The van der Waals surface area contributed by atoms with E-state index in [1.165, 1.54) is 12.1 Å². The van der Waals surface area contributed by atoms with Gasteiger partial charge in [-0.25, -0.2) is 4.39 Å². The molecule has 0 aliphatic heterocycles. The van der Waals surface area contributed by atoms with Crippen LogP contribution in [0.4, 0.5) is 9.52 Å². The number of rotatable bonds is 2. The molecule has 0 spiro atoms. The minimum Gasteiger partial charge on any atom is -0.374 e. The van der Waals surface area contributed by atoms with Crippen LogP contribution in [-0.2, 0) is 0 Å². The number of pyridine rings is 1. The number of halogens is 1. The molecule has 7 heteroatoms. The van der Waals surface area contributed by atoms with Crippen LogP contribution in [-0.4, -0.2) is 15.2 Å². The third-order valence-corrected chi connectivity index (χ3v) is 3.52. The van der Waals surface area contributed by atoms with E-state index in [1.807, 2.05) is 0 Å². The number of benzene rings is 1. The molecule has 0 amide bonds. The van der Waals surface area contributed by atoms with Crippen LogP contribution >= 0.6 is 11.3 Å². The molecule has 0 aliphatic carbocycles. The number of nitrogens with one attached hydrogen (secondary N) is 1. The second kappa shape index (κ2) is 4.86. The van der Waals surface area contributed by atoms with Crippen molar-refractivity contribution in [3.05, 3.63) is 52.6 Å². The van der Waals surface area contributed by atoms with Crippen LogP contribution in [0.2, 0.25) is 0 Å². The average Bonchev–Trinajstić information content (AvgIpc) is 2.86. The van der Waals surface area contributed by atoms with Crippen molar-refractivity contribution in [2.75, 3.05) is 5.73 Å². The monoisotopic (exact) mass is 288 g/mol. The Morgan fingerprint density at radius 2 is 1.85 bits per heavy atom. The highest BCUT2D eigenvalue weighted by atomic mass is 32.1. The summed E-state index contributed by atoms with van der Waals surface area (Å²) in [4.78, 5) is 14.8. The van der Waals surface area contributed by atoms with Crippen molar-refractivity contribution in [2.45, 2.75) is 0 Å². The molecule has 3 rings (SSSR count). The third-order valence-electron chi connectivity index (χ3n) is 2.74. The van der Waals surface area contributed by atoms with Crippen LogP contribution in [0.15, 0.2) is 41.2 Å². The molecule has 3 N–H and O–H groups in total. The summed E-state index contributed by atoms with van der Waals surface area (Å²) < 4.78 is 12.9. The lowest BCUT2D eigenvalue weighted by molar-refractivity contribution is 0.628. The van der Waals surface area contributed by atoms with Crippen molar-refractivity contribution in [3.63, 3.8) is 0 Å². The number of aromatic nitrogens is 3. The lowest BCUT2D eigenvalue weighted by Crippen LogP contribution is -2.09. The number of nitrogens with zero attached hydrogens (tertiary/aromatic N) is 2.